The summed E-state index contributed by atoms with van der Waals surface area (Å²) in [5.74, 6) is -1.40. The number of aryl methyl sites for hydroxylation is 1. The molecular formula is C22H26N2O5. The number of aromatic amines is 1. The maximum absolute atomic E-state index is 12.8. The number of aromatic nitrogens is 1. The number of H-pyrrole nitrogens is 1. The molecule has 29 heavy (non-hydrogen) atoms. The van der Waals surface area contributed by atoms with Gasteiger partial charge in [-0.25, -0.2) is 9.59 Å². The summed E-state index contributed by atoms with van der Waals surface area (Å²) in [5.41, 5.74) is 3.82. The Morgan fingerprint density at radius 3 is 2.52 bits per heavy atom. The molecule has 2 heterocycles. The van der Waals surface area contributed by atoms with Crippen LogP contribution in [0.2, 0.25) is 0 Å². The van der Waals surface area contributed by atoms with Crippen molar-refractivity contribution in [2.75, 3.05) is 13.2 Å². The number of rotatable bonds is 5. The predicted molar refractivity (Wildman–Crippen MR) is 107 cm³/mol. The van der Waals surface area contributed by atoms with E-state index in [1.165, 1.54) is 5.56 Å². The summed E-state index contributed by atoms with van der Waals surface area (Å²) in [4.78, 5) is 42.1. The first-order chi connectivity index (χ1) is 13.8. The van der Waals surface area contributed by atoms with Crippen LogP contribution in [0.4, 0.5) is 0 Å². The van der Waals surface area contributed by atoms with Crippen LogP contribution < -0.4 is 0 Å². The Balaban J connectivity index is 1.69. The lowest BCUT2D eigenvalue weighted by atomic mass is 9.99. The standard InChI is InChI=1S/C22H26N2O5/c1-5-28-21(26)18-13(2)19(23-14(18)3)22(27)29-15(4)20(25)24-11-10-16-8-6-7-9-17(16)12-24/h6-9,15,23H,5,10-12H2,1-4H3/t15-/m0/s1. The highest BCUT2D eigenvalue weighted by Gasteiger charge is 2.29. The largest absolute Gasteiger partial charge is 0.462 e. The molecule has 0 unspecified atom stereocenters. The van der Waals surface area contributed by atoms with Gasteiger partial charge in [0.1, 0.15) is 5.69 Å². The third-order valence-corrected chi connectivity index (χ3v) is 5.20. The second kappa shape index (κ2) is 8.51. The lowest BCUT2D eigenvalue weighted by molar-refractivity contribution is -0.140. The van der Waals surface area contributed by atoms with Gasteiger partial charge < -0.3 is 19.4 Å². The Morgan fingerprint density at radius 1 is 1.14 bits per heavy atom. The van der Waals surface area contributed by atoms with Crippen LogP contribution in [0.3, 0.4) is 0 Å². The predicted octanol–water partition coefficient (Wildman–Crippen LogP) is 2.94. The fourth-order valence-corrected chi connectivity index (χ4v) is 3.67. The Labute approximate surface area is 170 Å². The summed E-state index contributed by atoms with van der Waals surface area (Å²) in [6, 6.07) is 8.02. The topological polar surface area (TPSA) is 88.7 Å². The van der Waals surface area contributed by atoms with Gasteiger partial charge >= 0.3 is 11.9 Å². The molecule has 3 rings (SSSR count). The number of hydrogen-bond acceptors (Lipinski definition) is 5. The van der Waals surface area contributed by atoms with Crippen molar-refractivity contribution in [2.24, 2.45) is 0 Å². The van der Waals surface area contributed by atoms with Crippen LogP contribution in [-0.2, 0) is 27.2 Å². The molecule has 1 aliphatic heterocycles. The van der Waals surface area contributed by atoms with Gasteiger partial charge in [0, 0.05) is 18.8 Å². The number of amides is 1. The number of benzene rings is 1. The van der Waals surface area contributed by atoms with Gasteiger partial charge in [0.25, 0.3) is 5.91 Å². The molecule has 0 radical (unpaired) electrons. The zero-order chi connectivity index (χ0) is 21.1. The van der Waals surface area contributed by atoms with E-state index in [-0.39, 0.29) is 18.2 Å². The van der Waals surface area contributed by atoms with Gasteiger partial charge in [-0.15, -0.1) is 0 Å². The molecule has 0 saturated carbocycles. The fraction of sp³-hybridized carbons (Fsp3) is 0.409. The molecule has 1 aromatic carbocycles. The number of carbonyl (C=O) groups is 3. The van der Waals surface area contributed by atoms with Crippen molar-refractivity contribution < 1.29 is 23.9 Å². The van der Waals surface area contributed by atoms with Gasteiger partial charge in [-0.3, -0.25) is 4.79 Å². The van der Waals surface area contributed by atoms with Crippen molar-refractivity contribution in [1.82, 2.24) is 9.88 Å². The Bertz CT molecular complexity index is 947. The molecule has 1 atom stereocenters. The van der Waals surface area contributed by atoms with Gasteiger partial charge in [0.05, 0.1) is 12.2 Å². The van der Waals surface area contributed by atoms with Crippen molar-refractivity contribution in [3.63, 3.8) is 0 Å². The second-order valence-corrected chi connectivity index (χ2v) is 7.17. The van der Waals surface area contributed by atoms with Crippen molar-refractivity contribution in [3.05, 3.63) is 57.9 Å². The highest BCUT2D eigenvalue weighted by atomic mass is 16.5. The third-order valence-electron chi connectivity index (χ3n) is 5.20. The van der Waals surface area contributed by atoms with E-state index < -0.39 is 18.0 Å². The van der Waals surface area contributed by atoms with E-state index >= 15 is 0 Å². The number of nitrogens with one attached hydrogen (secondary N) is 1. The zero-order valence-corrected chi connectivity index (χ0v) is 17.2. The molecule has 0 bridgehead atoms. The second-order valence-electron chi connectivity index (χ2n) is 7.17. The molecule has 0 saturated heterocycles. The number of fused-ring (bicyclic) bond motifs is 1. The Kier molecular flexibility index (Phi) is 6.06. The first-order valence-electron chi connectivity index (χ1n) is 9.76. The van der Waals surface area contributed by atoms with Crippen LogP contribution in [0.1, 0.15) is 57.1 Å². The summed E-state index contributed by atoms with van der Waals surface area (Å²) in [6.07, 6.45) is -0.151. The molecule has 7 heteroatoms. The van der Waals surface area contributed by atoms with Gasteiger partial charge in [-0.1, -0.05) is 24.3 Å². The van der Waals surface area contributed by atoms with Crippen LogP contribution in [0.15, 0.2) is 24.3 Å². The summed E-state index contributed by atoms with van der Waals surface area (Å²) in [6.45, 7) is 7.97. The highest BCUT2D eigenvalue weighted by Crippen LogP contribution is 2.22. The van der Waals surface area contributed by atoms with Gasteiger partial charge in [-0.2, -0.15) is 0 Å². The lowest BCUT2D eigenvalue weighted by Gasteiger charge is -2.30. The summed E-state index contributed by atoms with van der Waals surface area (Å²) >= 11 is 0. The van der Waals surface area contributed by atoms with Crippen molar-refractivity contribution in [3.8, 4) is 0 Å². The van der Waals surface area contributed by atoms with Crippen molar-refractivity contribution >= 4 is 17.8 Å². The van der Waals surface area contributed by atoms with Gasteiger partial charge in [0.15, 0.2) is 6.10 Å². The maximum Gasteiger partial charge on any atom is 0.355 e. The molecule has 7 nitrogen and oxygen atoms in total. The number of nitrogens with zero attached hydrogens (tertiary/aromatic N) is 1. The minimum atomic E-state index is -0.929. The van der Waals surface area contributed by atoms with E-state index in [9.17, 15) is 14.4 Å². The van der Waals surface area contributed by atoms with Crippen LogP contribution in [-0.4, -0.2) is 47.0 Å². The first kappa shape index (κ1) is 20.6. The molecule has 2 aromatic rings. The Hall–Kier alpha value is -3.09. The molecule has 1 N–H and O–H groups in total. The molecule has 1 amide bonds. The lowest BCUT2D eigenvalue weighted by Crippen LogP contribution is -2.42. The number of ether oxygens (including phenoxy) is 2. The van der Waals surface area contributed by atoms with Crippen molar-refractivity contribution in [2.45, 2.75) is 46.8 Å². The Morgan fingerprint density at radius 2 is 1.83 bits per heavy atom. The average molecular weight is 398 g/mol. The minimum Gasteiger partial charge on any atom is -0.462 e. The van der Waals surface area contributed by atoms with E-state index in [0.717, 1.165) is 12.0 Å². The van der Waals surface area contributed by atoms with Crippen LogP contribution >= 0.6 is 0 Å². The normalized spacial score (nSPS) is 14.1. The monoisotopic (exact) mass is 398 g/mol. The number of carbonyl (C=O) groups excluding carboxylic acids is 3. The van der Waals surface area contributed by atoms with E-state index in [0.29, 0.717) is 29.9 Å². The molecule has 0 aliphatic carbocycles. The molecule has 1 aromatic heterocycles. The molecule has 154 valence electrons. The van der Waals surface area contributed by atoms with Gasteiger partial charge in [-0.05, 0) is 50.8 Å². The number of hydrogen-bond donors (Lipinski definition) is 1. The third kappa shape index (κ3) is 4.18. The zero-order valence-electron chi connectivity index (χ0n) is 17.2. The molecule has 1 aliphatic rings. The summed E-state index contributed by atoms with van der Waals surface area (Å²) in [5, 5.41) is 0. The molecule has 0 spiro atoms. The molecule has 0 fully saturated rings. The average Bonchev–Trinajstić information content (AvgIpc) is 3.01. The van der Waals surface area contributed by atoms with E-state index in [2.05, 4.69) is 11.1 Å². The van der Waals surface area contributed by atoms with Crippen molar-refractivity contribution in [1.29, 1.82) is 0 Å². The fourth-order valence-electron chi connectivity index (χ4n) is 3.67. The smallest absolute Gasteiger partial charge is 0.355 e. The molecular weight excluding hydrogens is 372 g/mol. The summed E-state index contributed by atoms with van der Waals surface area (Å²) in [7, 11) is 0. The van der Waals surface area contributed by atoms with E-state index in [4.69, 9.17) is 9.47 Å². The van der Waals surface area contributed by atoms with Crippen LogP contribution in [0.25, 0.3) is 0 Å². The first-order valence-corrected chi connectivity index (χ1v) is 9.76. The minimum absolute atomic E-state index is 0.161. The quantitative estimate of drug-likeness (QED) is 0.783. The SMILES string of the molecule is CCOC(=O)c1c(C)[nH]c(C(=O)O[C@@H](C)C(=O)N2CCc3ccccc3C2)c1C. The number of esters is 2. The van der Waals surface area contributed by atoms with Crippen LogP contribution in [0.5, 0.6) is 0 Å². The van der Waals surface area contributed by atoms with Crippen LogP contribution in [0, 0.1) is 13.8 Å². The van der Waals surface area contributed by atoms with Gasteiger partial charge in [0.2, 0.25) is 0 Å². The summed E-state index contributed by atoms with van der Waals surface area (Å²) < 4.78 is 10.5. The highest BCUT2D eigenvalue weighted by molar-refractivity contribution is 5.99. The van der Waals surface area contributed by atoms with E-state index in [1.807, 2.05) is 18.2 Å². The van der Waals surface area contributed by atoms with E-state index in [1.54, 1.807) is 32.6 Å². The maximum atomic E-state index is 12.8.